The number of hydrogen-bond donors (Lipinski definition) is 0. The van der Waals surface area contributed by atoms with E-state index in [0.29, 0.717) is 19.8 Å². The smallest absolute Gasteiger partial charge is 0.120 e. The van der Waals surface area contributed by atoms with Crippen LogP contribution in [-0.2, 0) is 24.4 Å². The zero-order valence-electron chi connectivity index (χ0n) is 16.4. The van der Waals surface area contributed by atoms with Gasteiger partial charge in [0, 0.05) is 0 Å². The number of benzene rings is 3. The molecule has 0 aliphatic heterocycles. The van der Waals surface area contributed by atoms with Crippen molar-refractivity contribution in [2.24, 2.45) is 0 Å². The van der Waals surface area contributed by atoms with Crippen LogP contribution >= 0.6 is 0 Å². The van der Waals surface area contributed by atoms with Gasteiger partial charge in [-0.25, -0.2) is 0 Å². The summed E-state index contributed by atoms with van der Waals surface area (Å²) in [4.78, 5) is 0. The van der Waals surface area contributed by atoms with Crippen LogP contribution in [0.5, 0.6) is 17.2 Å². The van der Waals surface area contributed by atoms with Gasteiger partial charge in [-0.2, -0.15) is 0 Å². The van der Waals surface area contributed by atoms with Crippen molar-refractivity contribution in [3.05, 3.63) is 89.5 Å². The molecule has 0 N–H and O–H groups in total. The first-order valence-electron chi connectivity index (χ1n) is 9.32. The highest BCUT2D eigenvalue weighted by Crippen LogP contribution is 2.18. The molecule has 0 saturated heterocycles. The molecule has 0 bridgehead atoms. The Bertz CT molecular complexity index is 841. The van der Waals surface area contributed by atoms with Crippen molar-refractivity contribution in [1.82, 2.24) is 0 Å². The zero-order chi connectivity index (χ0) is 19.6. The molecule has 4 heteroatoms. The van der Waals surface area contributed by atoms with Crippen LogP contribution in [0, 0.1) is 0 Å². The second-order valence-electron chi connectivity index (χ2n) is 6.43. The molecule has 0 atom stereocenters. The van der Waals surface area contributed by atoms with E-state index in [1.807, 2.05) is 60.7 Å². The Morgan fingerprint density at radius 1 is 0.607 bits per heavy atom. The summed E-state index contributed by atoms with van der Waals surface area (Å²) in [6.07, 6.45) is 0.843. The average Bonchev–Trinajstić information content (AvgIpc) is 2.76. The van der Waals surface area contributed by atoms with Crippen molar-refractivity contribution < 1.29 is 18.9 Å². The molecule has 3 rings (SSSR count). The van der Waals surface area contributed by atoms with Gasteiger partial charge in [-0.1, -0.05) is 36.4 Å². The highest BCUT2D eigenvalue weighted by atomic mass is 16.5. The number of ether oxygens (including phenoxy) is 4. The SMILES string of the molecule is COc1ccc(COCCc2cccc(OCc3ccc(OC)cc3)c2)cc1. The monoisotopic (exact) mass is 378 g/mol. The third kappa shape index (κ3) is 6.03. The van der Waals surface area contributed by atoms with Crippen molar-refractivity contribution in [3.63, 3.8) is 0 Å². The molecule has 28 heavy (non-hydrogen) atoms. The molecule has 0 unspecified atom stereocenters. The summed E-state index contributed by atoms with van der Waals surface area (Å²) < 4.78 is 22.0. The van der Waals surface area contributed by atoms with Crippen LogP contribution in [0.1, 0.15) is 16.7 Å². The molecule has 146 valence electrons. The Kier molecular flexibility index (Phi) is 7.33. The van der Waals surface area contributed by atoms with E-state index in [4.69, 9.17) is 18.9 Å². The van der Waals surface area contributed by atoms with Gasteiger partial charge in [-0.15, -0.1) is 0 Å². The van der Waals surface area contributed by atoms with Gasteiger partial charge in [-0.3, -0.25) is 0 Å². The van der Waals surface area contributed by atoms with Gasteiger partial charge >= 0.3 is 0 Å². The predicted octanol–water partition coefficient (Wildman–Crippen LogP) is 5.04. The second-order valence-corrected chi connectivity index (χ2v) is 6.43. The standard InChI is InChI=1S/C24H26O4/c1-25-22-10-6-20(7-11-22)17-27-15-14-19-4-3-5-24(16-19)28-18-21-8-12-23(26-2)13-9-21/h3-13,16H,14-15,17-18H2,1-2H3. The van der Waals surface area contributed by atoms with Gasteiger partial charge in [0.1, 0.15) is 23.9 Å². The fourth-order valence-electron chi connectivity index (χ4n) is 2.78. The molecule has 0 radical (unpaired) electrons. The molecule has 0 saturated carbocycles. The molecule has 3 aromatic carbocycles. The summed E-state index contributed by atoms with van der Waals surface area (Å²) in [5.74, 6) is 2.57. The maximum atomic E-state index is 5.91. The summed E-state index contributed by atoms with van der Waals surface area (Å²) >= 11 is 0. The maximum absolute atomic E-state index is 5.91. The van der Waals surface area contributed by atoms with Crippen LogP contribution in [0.3, 0.4) is 0 Å². The highest BCUT2D eigenvalue weighted by Gasteiger charge is 2.01. The molecular formula is C24H26O4. The first-order chi connectivity index (χ1) is 13.8. The molecule has 0 fully saturated rings. The van der Waals surface area contributed by atoms with E-state index in [2.05, 4.69) is 12.1 Å². The lowest BCUT2D eigenvalue weighted by molar-refractivity contribution is 0.124. The Hall–Kier alpha value is -2.98. The van der Waals surface area contributed by atoms with Gasteiger partial charge < -0.3 is 18.9 Å². The quantitative estimate of drug-likeness (QED) is 0.463. The van der Waals surface area contributed by atoms with Gasteiger partial charge in [0.05, 0.1) is 27.4 Å². The number of hydrogen-bond acceptors (Lipinski definition) is 4. The van der Waals surface area contributed by atoms with Gasteiger partial charge in [0.2, 0.25) is 0 Å². The number of methoxy groups -OCH3 is 2. The molecule has 4 nitrogen and oxygen atoms in total. The minimum atomic E-state index is 0.529. The average molecular weight is 378 g/mol. The van der Waals surface area contributed by atoms with E-state index in [-0.39, 0.29) is 0 Å². The van der Waals surface area contributed by atoms with E-state index in [1.54, 1.807) is 14.2 Å². The molecular weight excluding hydrogens is 352 g/mol. The lowest BCUT2D eigenvalue weighted by atomic mass is 10.1. The normalized spacial score (nSPS) is 10.5. The Labute approximate surface area is 166 Å². The molecule has 0 aliphatic rings. The third-order valence-corrected chi connectivity index (χ3v) is 4.43. The Balaban J connectivity index is 1.43. The van der Waals surface area contributed by atoms with Gasteiger partial charge in [0.25, 0.3) is 0 Å². The second kappa shape index (κ2) is 10.4. The van der Waals surface area contributed by atoms with Gasteiger partial charge in [-0.05, 0) is 59.5 Å². The minimum absolute atomic E-state index is 0.529. The predicted molar refractivity (Wildman–Crippen MR) is 110 cm³/mol. The lowest BCUT2D eigenvalue weighted by Crippen LogP contribution is -2.00. The maximum Gasteiger partial charge on any atom is 0.120 e. The third-order valence-electron chi connectivity index (χ3n) is 4.43. The summed E-state index contributed by atoms with van der Waals surface area (Å²) in [6.45, 7) is 1.78. The highest BCUT2D eigenvalue weighted by molar-refractivity contribution is 5.30. The largest absolute Gasteiger partial charge is 0.497 e. The topological polar surface area (TPSA) is 36.9 Å². The fraction of sp³-hybridized carbons (Fsp3) is 0.250. The van der Waals surface area contributed by atoms with Crippen molar-refractivity contribution in [3.8, 4) is 17.2 Å². The zero-order valence-corrected chi connectivity index (χ0v) is 16.4. The van der Waals surface area contributed by atoms with Crippen molar-refractivity contribution in [2.75, 3.05) is 20.8 Å². The fourth-order valence-corrected chi connectivity index (χ4v) is 2.78. The van der Waals surface area contributed by atoms with Gasteiger partial charge in [0.15, 0.2) is 0 Å². The Morgan fingerprint density at radius 2 is 1.21 bits per heavy atom. The molecule has 0 aliphatic carbocycles. The molecule has 0 spiro atoms. The van der Waals surface area contributed by atoms with Crippen LogP contribution in [0.25, 0.3) is 0 Å². The van der Waals surface area contributed by atoms with E-state index < -0.39 is 0 Å². The first-order valence-corrected chi connectivity index (χ1v) is 9.32. The van der Waals surface area contributed by atoms with E-state index >= 15 is 0 Å². The Morgan fingerprint density at radius 3 is 1.82 bits per heavy atom. The lowest BCUT2D eigenvalue weighted by Gasteiger charge is -2.09. The van der Waals surface area contributed by atoms with Crippen LogP contribution in [0.2, 0.25) is 0 Å². The summed E-state index contributed by atoms with van der Waals surface area (Å²) in [5.41, 5.74) is 3.44. The van der Waals surface area contributed by atoms with Crippen LogP contribution in [0.15, 0.2) is 72.8 Å². The molecule has 0 aromatic heterocycles. The van der Waals surface area contributed by atoms with Crippen molar-refractivity contribution in [1.29, 1.82) is 0 Å². The van der Waals surface area contributed by atoms with Crippen LogP contribution < -0.4 is 14.2 Å². The summed E-state index contributed by atoms with van der Waals surface area (Å²) in [5, 5.41) is 0. The summed E-state index contributed by atoms with van der Waals surface area (Å²) in [6, 6.07) is 24.0. The van der Waals surface area contributed by atoms with Crippen molar-refractivity contribution in [2.45, 2.75) is 19.6 Å². The molecule has 0 heterocycles. The van der Waals surface area contributed by atoms with E-state index in [0.717, 1.165) is 34.8 Å². The summed E-state index contributed by atoms with van der Waals surface area (Å²) in [7, 11) is 3.33. The minimum Gasteiger partial charge on any atom is -0.497 e. The number of rotatable bonds is 10. The van der Waals surface area contributed by atoms with Crippen molar-refractivity contribution >= 4 is 0 Å². The molecule has 0 amide bonds. The van der Waals surface area contributed by atoms with E-state index in [9.17, 15) is 0 Å². The first kappa shape index (κ1) is 19.8. The van der Waals surface area contributed by atoms with Crippen LogP contribution in [-0.4, -0.2) is 20.8 Å². The molecule has 3 aromatic rings. The van der Waals surface area contributed by atoms with Crippen LogP contribution in [0.4, 0.5) is 0 Å². The van der Waals surface area contributed by atoms with E-state index in [1.165, 1.54) is 5.56 Å².